The van der Waals surface area contributed by atoms with Gasteiger partial charge in [0.1, 0.15) is 52.7 Å². The summed E-state index contributed by atoms with van der Waals surface area (Å²) >= 11 is 0. The molecule has 0 aliphatic rings. The molecule has 5 aromatic carbocycles. The minimum atomic E-state index is -7.22. The molecule has 1 heterocycles. The number of hydrogen-bond acceptors (Lipinski definition) is 5. The number of carboxylic acids is 1. The van der Waals surface area contributed by atoms with Crippen LogP contribution in [0.25, 0.3) is 0 Å². The van der Waals surface area contributed by atoms with Crippen LogP contribution < -0.4 is 26.4 Å². The molecule has 0 spiro atoms. The second-order valence-corrected chi connectivity index (χ2v) is 13.2. The first kappa shape index (κ1) is 50.5. The van der Waals surface area contributed by atoms with Crippen LogP contribution in [0.1, 0.15) is 20.8 Å². The van der Waals surface area contributed by atoms with Gasteiger partial charge in [0.15, 0.2) is 82.6 Å². The van der Waals surface area contributed by atoms with Crippen molar-refractivity contribution in [3.05, 3.63) is 177 Å². The summed E-state index contributed by atoms with van der Waals surface area (Å²) in [5.41, 5.74) is -13.8. The van der Waals surface area contributed by atoms with Gasteiger partial charge in [-0.3, -0.25) is 4.79 Å². The SMILES string of the molecule is Fc1c(F)c(F)c([B-](c2c(F)c(F)c(F)c(F)c2F)(c2c(F)c(F)c(F)c(F)c2F)c2c(F)c(F)c(F)c(F)c2F)c(F)c1F.O=C(O)COC(=O)c1c[n+](CC(=O)c2ccccc2)ccn1. The van der Waals surface area contributed by atoms with Gasteiger partial charge in [0.05, 0.1) is 6.20 Å². The first-order chi connectivity index (χ1) is 31.3. The van der Waals surface area contributed by atoms with E-state index in [-0.39, 0.29) is 18.0 Å². The fraction of sp³-hybridized carbons (Fsp3) is 0.0513. The Morgan fingerprint density at radius 3 is 1.07 bits per heavy atom. The molecule has 0 radical (unpaired) electrons. The number of halogens is 20. The lowest BCUT2D eigenvalue weighted by Gasteiger charge is -2.44. The maximum absolute atomic E-state index is 15.4. The van der Waals surface area contributed by atoms with Gasteiger partial charge in [0, 0.05) is 5.56 Å². The highest BCUT2D eigenvalue weighted by Gasteiger charge is 2.52. The summed E-state index contributed by atoms with van der Waals surface area (Å²) in [6.07, 6.45) is -3.00. The van der Waals surface area contributed by atoms with E-state index < -0.39 is 163 Å². The van der Waals surface area contributed by atoms with E-state index in [4.69, 9.17) is 5.11 Å². The summed E-state index contributed by atoms with van der Waals surface area (Å²) in [5, 5.41) is 8.46. The number of nitrogens with zero attached hydrogens (tertiary/aromatic N) is 2. The van der Waals surface area contributed by atoms with E-state index in [9.17, 15) is 67.1 Å². The summed E-state index contributed by atoms with van der Waals surface area (Å²) in [5.74, 6) is -73.6. The number of rotatable bonds is 10. The minimum absolute atomic E-state index is 0.0335. The van der Waals surface area contributed by atoms with Crippen molar-refractivity contribution in [2.45, 2.75) is 6.54 Å². The van der Waals surface area contributed by atoms with Crippen molar-refractivity contribution in [3.8, 4) is 0 Å². The smallest absolute Gasteiger partial charge is 0.363 e. The van der Waals surface area contributed by atoms with Crippen molar-refractivity contribution >= 4 is 45.7 Å². The van der Waals surface area contributed by atoms with Gasteiger partial charge in [-0.1, -0.05) is 30.3 Å². The molecule has 0 saturated carbocycles. The highest BCUT2D eigenvalue weighted by molar-refractivity contribution is 7.20. The van der Waals surface area contributed by atoms with E-state index in [1.165, 1.54) is 23.2 Å². The fourth-order valence-corrected chi connectivity index (χ4v) is 6.59. The molecule has 352 valence electrons. The van der Waals surface area contributed by atoms with Gasteiger partial charge in [-0.2, -0.15) is 4.57 Å². The molecule has 0 aliphatic heterocycles. The van der Waals surface area contributed by atoms with Crippen LogP contribution in [-0.2, 0) is 16.1 Å². The first-order valence-electron chi connectivity index (χ1n) is 17.3. The fourth-order valence-electron chi connectivity index (χ4n) is 6.59. The summed E-state index contributed by atoms with van der Waals surface area (Å²) in [4.78, 5) is 37.8. The average molecular weight is 980 g/mol. The van der Waals surface area contributed by atoms with Gasteiger partial charge in [0.2, 0.25) is 24.2 Å². The molecule has 0 bridgehead atoms. The number of carbonyl (C=O) groups is 3. The van der Waals surface area contributed by atoms with Crippen LogP contribution in [0.5, 0.6) is 0 Å². The molecule has 28 heteroatoms. The van der Waals surface area contributed by atoms with Crippen molar-refractivity contribution in [3.63, 3.8) is 0 Å². The van der Waals surface area contributed by atoms with Crippen LogP contribution in [0.2, 0.25) is 0 Å². The van der Waals surface area contributed by atoms with E-state index in [2.05, 4.69) is 9.72 Å². The van der Waals surface area contributed by atoms with E-state index in [1.807, 2.05) is 6.07 Å². The quantitative estimate of drug-likeness (QED) is 0.0328. The molecule has 7 nitrogen and oxygen atoms in total. The lowest BCUT2D eigenvalue weighted by atomic mass is 9.12. The number of ether oxygens (including phenoxy) is 1. The molecular formula is C39H13BF20N2O5. The Balaban J connectivity index is 0.000000319. The van der Waals surface area contributed by atoms with Crippen molar-refractivity contribution in [1.82, 2.24) is 4.98 Å². The van der Waals surface area contributed by atoms with Gasteiger partial charge in [-0.05, 0) is 0 Å². The lowest BCUT2D eigenvalue weighted by Crippen LogP contribution is -2.81. The van der Waals surface area contributed by atoms with Gasteiger partial charge < -0.3 is 9.84 Å². The Hall–Kier alpha value is -7.55. The largest absolute Gasteiger partial charge is 0.479 e. The molecule has 0 aliphatic carbocycles. The highest BCUT2D eigenvalue weighted by atomic mass is 19.2. The molecule has 1 aromatic heterocycles. The Kier molecular flexibility index (Phi) is 14.4. The number of carboxylic acid groups (broad SMARTS) is 1. The van der Waals surface area contributed by atoms with Gasteiger partial charge in [0.25, 0.3) is 0 Å². The van der Waals surface area contributed by atoms with Crippen molar-refractivity contribution < 1.29 is 117 Å². The third-order valence-corrected chi connectivity index (χ3v) is 9.42. The standard InChI is InChI=1S/C24BF20.C15H12N2O5/c26-5-1(6(27)14(35)21(42)13(5)34)25(2-7(28)15(36)22(43)16(37)8(2)29,3-9(30)17(38)23(44)18(39)10(3)31)4-11(32)19(40)24(45)20(41)12(4)33;18-13(11-4-2-1-3-5-11)9-17-7-6-16-12(8-17)15(21)22-10-14(19)20/h;1-8H,9-10H2/q-1;/p+1. The van der Waals surface area contributed by atoms with Crippen LogP contribution in [0.4, 0.5) is 87.8 Å². The first-order valence-corrected chi connectivity index (χ1v) is 17.3. The summed E-state index contributed by atoms with van der Waals surface area (Å²) in [6, 6.07) is 8.74. The normalized spacial score (nSPS) is 11.3. The average Bonchev–Trinajstić information content (AvgIpc) is 3.31. The summed E-state index contributed by atoms with van der Waals surface area (Å²) in [6.45, 7) is -0.704. The maximum atomic E-state index is 15.4. The maximum Gasteiger partial charge on any atom is 0.363 e. The van der Waals surface area contributed by atoms with E-state index in [0.29, 0.717) is 5.56 Å². The molecule has 67 heavy (non-hydrogen) atoms. The topological polar surface area (TPSA) is 97.4 Å². The third kappa shape index (κ3) is 8.57. The van der Waals surface area contributed by atoms with Crippen molar-refractivity contribution in [2.24, 2.45) is 0 Å². The van der Waals surface area contributed by atoms with E-state index in [0.717, 1.165) is 0 Å². The molecular weight excluding hydrogens is 967 g/mol. The van der Waals surface area contributed by atoms with Crippen LogP contribution in [-0.4, -0.2) is 40.6 Å². The number of Topliss-reactive ketones (excluding diaryl/α,β-unsaturated/α-hetero) is 1. The van der Waals surface area contributed by atoms with Crippen molar-refractivity contribution in [1.29, 1.82) is 0 Å². The third-order valence-electron chi connectivity index (χ3n) is 9.42. The number of esters is 1. The number of benzene rings is 5. The summed E-state index contributed by atoms with van der Waals surface area (Å²) < 4.78 is 300. The molecule has 0 saturated heterocycles. The Bertz CT molecular complexity index is 2650. The van der Waals surface area contributed by atoms with Gasteiger partial charge in [-0.15, -0.1) is 21.9 Å². The number of hydrogen-bond donors (Lipinski definition) is 1. The zero-order valence-electron chi connectivity index (χ0n) is 31.6. The molecule has 6 aromatic rings. The number of aliphatic carboxylic acids is 1. The monoisotopic (exact) mass is 980 g/mol. The molecule has 1 N–H and O–H groups in total. The lowest BCUT2D eigenvalue weighted by molar-refractivity contribution is -0.683. The molecule has 6 rings (SSSR count). The van der Waals surface area contributed by atoms with Gasteiger partial charge in [-0.25, -0.2) is 102 Å². The van der Waals surface area contributed by atoms with E-state index >= 15 is 35.1 Å². The zero-order valence-corrected chi connectivity index (χ0v) is 31.6. The minimum Gasteiger partial charge on any atom is -0.479 e. The van der Waals surface area contributed by atoms with Crippen LogP contribution in [0.15, 0.2) is 48.9 Å². The second kappa shape index (κ2) is 19.1. The molecule has 0 fully saturated rings. The number of ketones is 1. The number of carbonyl (C=O) groups excluding carboxylic acids is 2. The second-order valence-electron chi connectivity index (χ2n) is 13.2. The molecule has 0 unspecified atom stereocenters. The number of aromatic nitrogens is 2. The van der Waals surface area contributed by atoms with Crippen LogP contribution in [0.3, 0.4) is 0 Å². The Morgan fingerprint density at radius 1 is 0.478 bits per heavy atom. The Morgan fingerprint density at radius 2 is 0.776 bits per heavy atom. The van der Waals surface area contributed by atoms with Crippen LogP contribution >= 0.6 is 0 Å². The van der Waals surface area contributed by atoms with Gasteiger partial charge >= 0.3 is 11.9 Å². The zero-order chi connectivity index (χ0) is 50.3. The molecule has 0 atom stereocenters. The van der Waals surface area contributed by atoms with Crippen LogP contribution in [0, 0.1) is 116 Å². The van der Waals surface area contributed by atoms with Crippen molar-refractivity contribution in [2.75, 3.05) is 6.61 Å². The predicted octanol–water partition coefficient (Wildman–Crippen LogP) is 6.34. The highest BCUT2D eigenvalue weighted by Crippen LogP contribution is 2.30. The predicted molar refractivity (Wildman–Crippen MR) is 182 cm³/mol. The molecule has 0 amide bonds. The Labute approximate surface area is 357 Å². The van der Waals surface area contributed by atoms with E-state index in [1.54, 1.807) is 24.3 Å². The summed E-state index contributed by atoms with van der Waals surface area (Å²) in [7, 11) is 0.